The van der Waals surface area contributed by atoms with Gasteiger partial charge in [0.05, 0.1) is 17.7 Å². The van der Waals surface area contributed by atoms with Gasteiger partial charge in [-0.15, -0.1) is 0 Å². The van der Waals surface area contributed by atoms with Crippen LogP contribution in [0.2, 0.25) is 5.02 Å². The largest absolute Gasteiger partial charge is 0.345 e. The Labute approximate surface area is 228 Å². The normalized spacial score (nSPS) is 11.8. The van der Waals surface area contributed by atoms with Crippen molar-refractivity contribution in [1.82, 2.24) is 9.88 Å². The first-order valence-electron chi connectivity index (χ1n) is 12.6. The van der Waals surface area contributed by atoms with Crippen LogP contribution < -0.4 is 5.32 Å². The highest BCUT2D eigenvalue weighted by atomic mass is 35.5. The van der Waals surface area contributed by atoms with Gasteiger partial charge in [-0.3, -0.25) is 4.79 Å². The van der Waals surface area contributed by atoms with Gasteiger partial charge < -0.3 is 9.88 Å². The number of rotatable bonds is 6. The van der Waals surface area contributed by atoms with Crippen molar-refractivity contribution in [2.24, 2.45) is 0 Å². The molecule has 0 aliphatic carbocycles. The molecule has 0 bridgehead atoms. The molecule has 38 heavy (non-hydrogen) atoms. The van der Waals surface area contributed by atoms with E-state index in [1.54, 1.807) is 0 Å². The van der Waals surface area contributed by atoms with Crippen LogP contribution in [0.5, 0.6) is 0 Å². The maximum atomic E-state index is 13.1. The Hall–Kier alpha value is -4.33. The second kappa shape index (κ2) is 10.6. The minimum atomic E-state index is -0.206. The first kappa shape index (κ1) is 25.3. The van der Waals surface area contributed by atoms with Crippen LogP contribution in [0.25, 0.3) is 22.0 Å². The zero-order valence-corrected chi connectivity index (χ0v) is 22.4. The Bertz CT molecular complexity index is 1690. The number of benzene rings is 4. The standard InChI is InChI=1S/C33H28ClN3O/c1-21-23(3)37(20-24-12-14-25(15-13-24)29-10-5-4-8-27(29)19-35)32-17-16-26(18-30(21)32)33(38)36-22(2)28-9-6-7-11-31(28)34/h4-18,22H,20H2,1-3H3,(H,36,38)/t22-/m0/s1. The lowest BCUT2D eigenvalue weighted by Crippen LogP contribution is -2.26. The molecule has 1 atom stereocenters. The van der Waals surface area contributed by atoms with Crippen molar-refractivity contribution >= 4 is 28.4 Å². The number of nitrogens with one attached hydrogen (secondary N) is 1. The smallest absolute Gasteiger partial charge is 0.251 e. The Balaban J connectivity index is 1.39. The molecule has 1 N–H and O–H groups in total. The molecule has 0 unspecified atom stereocenters. The summed E-state index contributed by atoms with van der Waals surface area (Å²) in [5.41, 5.74) is 8.74. The molecule has 0 spiro atoms. The Morgan fingerprint density at radius 3 is 2.42 bits per heavy atom. The Morgan fingerprint density at radius 2 is 1.68 bits per heavy atom. The van der Waals surface area contributed by atoms with Gasteiger partial charge in [0.2, 0.25) is 0 Å². The number of aromatic nitrogens is 1. The molecule has 0 radical (unpaired) electrons. The summed E-state index contributed by atoms with van der Waals surface area (Å²) < 4.78 is 2.29. The number of nitriles is 1. The van der Waals surface area contributed by atoms with E-state index in [2.05, 4.69) is 54.1 Å². The van der Waals surface area contributed by atoms with Gasteiger partial charge in [0.25, 0.3) is 5.91 Å². The highest BCUT2D eigenvalue weighted by Gasteiger charge is 2.17. The summed E-state index contributed by atoms with van der Waals surface area (Å²) in [4.78, 5) is 13.1. The van der Waals surface area contributed by atoms with Crippen LogP contribution in [0.15, 0.2) is 91.0 Å². The topological polar surface area (TPSA) is 57.8 Å². The molecule has 1 heterocycles. The van der Waals surface area contributed by atoms with E-state index in [0.717, 1.165) is 33.2 Å². The lowest BCUT2D eigenvalue weighted by molar-refractivity contribution is 0.0940. The van der Waals surface area contributed by atoms with Crippen molar-refractivity contribution in [3.63, 3.8) is 0 Å². The summed E-state index contributed by atoms with van der Waals surface area (Å²) in [6.45, 7) is 6.87. The van der Waals surface area contributed by atoms with E-state index < -0.39 is 0 Å². The van der Waals surface area contributed by atoms with E-state index in [-0.39, 0.29) is 11.9 Å². The number of carbonyl (C=O) groups excluding carboxylic acids is 1. The monoisotopic (exact) mass is 517 g/mol. The SMILES string of the molecule is Cc1c(C)n(Cc2ccc(-c3ccccc3C#N)cc2)c2ccc(C(=O)N[C@@H](C)c3ccccc3Cl)cc12. The van der Waals surface area contributed by atoms with Gasteiger partial charge in [-0.2, -0.15) is 5.26 Å². The average Bonchev–Trinajstić information content (AvgIpc) is 3.17. The molecule has 4 nitrogen and oxygen atoms in total. The first-order chi connectivity index (χ1) is 18.4. The summed E-state index contributed by atoms with van der Waals surface area (Å²) in [7, 11) is 0. The van der Waals surface area contributed by atoms with Gasteiger partial charge in [-0.1, -0.05) is 72.3 Å². The summed E-state index contributed by atoms with van der Waals surface area (Å²) in [5.74, 6) is -0.127. The van der Waals surface area contributed by atoms with Gasteiger partial charge in [-0.25, -0.2) is 0 Å². The summed E-state index contributed by atoms with van der Waals surface area (Å²) in [5, 5.41) is 14.2. The minimum Gasteiger partial charge on any atom is -0.345 e. The number of halogens is 1. The van der Waals surface area contributed by atoms with E-state index in [9.17, 15) is 10.1 Å². The molecule has 1 amide bonds. The third-order valence-corrected chi connectivity index (χ3v) is 7.62. The van der Waals surface area contributed by atoms with Crippen LogP contribution in [0.4, 0.5) is 0 Å². The third kappa shape index (κ3) is 4.81. The van der Waals surface area contributed by atoms with E-state index >= 15 is 0 Å². The predicted octanol–water partition coefficient (Wildman–Crippen LogP) is 7.99. The van der Waals surface area contributed by atoms with E-state index in [1.807, 2.05) is 73.7 Å². The number of fused-ring (bicyclic) bond motifs is 1. The highest BCUT2D eigenvalue weighted by Crippen LogP contribution is 2.29. The van der Waals surface area contributed by atoms with Crippen molar-refractivity contribution in [3.05, 3.63) is 130 Å². The van der Waals surface area contributed by atoms with Crippen LogP contribution in [0.1, 0.15) is 51.3 Å². The van der Waals surface area contributed by atoms with Gasteiger partial charge in [0, 0.05) is 33.7 Å². The number of amides is 1. The lowest BCUT2D eigenvalue weighted by atomic mass is 9.99. The molecular formula is C33H28ClN3O. The van der Waals surface area contributed by atoms with Crippen molar-refractivity contribution in [2.75, 3.05) is 0 Å². The highest BCUT2D eigenvalue weighted by molar-refractivity contribution is 6.31. The molecule has 5 rings (SSSR count). The molecule has 5 heteroatoms. The van der Waals surface area contributed by atoms with Crippen molar-refractivity contribution in [2.45, 2.75) is 33.4 Å². The summed E-state index contributed by atoms with van der Waals surface area (Å²) in [6, 6.07) is 31.5. The first-order valence-corrected chi connectivity index (χ1v) is 13.0. The molecule has 0 aliphatic heterocycles. The fraction of sp³-hybridized carbons (Fsp3) is 0.152. The molecule has 4 aromatic carbocycles. The fourth-order valence-corrected chi connectivity index (χ4v) is 5.28. The zero-order chi connectivity index (χ0) is 26.8. The Kier molecular flexibility index (Phi) is 7.05. The number of aryl methyl sites for hydroxylation is 1. The molecule has 0 saturated heterocycles. The maximum Gasteiger partial charge on any atom is 0.251 e. The quantitative estimate of drug-likeness (QED) is 0.248. The molecule has 188 valence electrons. The van der Waals surface area contributed by atoms with Gasteiger partial charge in [-0.05, 0) is 78.9 Å². The number of hydrogen-bond donors (Lipinski definition) is 1. The average molecular weight is 518 g/mol. The van der Waals surface area contributed by atoms with Crippen LogP contribution in [0, 0.1) is 25.2 Å². The van der Waals surface area contributed by atoms with E-state index in [4.69, 9.17) is 11.6 Å². The van der Waals surface area contributed by atoms with Crippen LogP contribution in [-0.4, -0.2) is 10.5 Å². The van der Waals surface area contributed by atoms with Crippen molar-refractivity contribution in [1.29, 1.82) is 5.26 Å². The second-order valence-electron chi connectivity index (χ2n) is 9.60. The molecule has 0 aliphatic rings. The predicted molar refractivity (Wildman–Crippen MR) is 154 cm³/mol. The van der Waals surface area contributed by atoms with Gasteiger partial charge >= 0.3 is 0 Å². The van der Waals surface area contributed by atoms with E-state index in [0.29, 0.717) is 22.7 Å². The molecule has 0 fully saturated rings. The van der Waals surface area contributed by atoms with Crippen molar-refractivity contribution < 1.29 is 4.79 Å². The molecule has 5 aromatic rings. The van der Waals surface area contributed by atoms with Crippen molar-refractivity contribution in [3.8, 4) is 17.2 Å². The van der Waals surface area contributed by atoms with Crippen LogP contribution in [0.3, 0.4) is 0 Å². The number of carbonyl (C=O) groups is 1. The van der Waals surface area contributed by atoms with Crippen LogP contribution >= 0.6 is 11.6 Å². The lowest BCUT2D eigenvalue weighted by Gasteiger charge is -2.16. The van der Waals surface area contributed by atoms with Gasteiger partial charge in [0.15, 0.2) is 0 Å². The second-order valence-corrected chi connectivity index (χ2v) is 10.0. The molecule has 0 saturated carbocycles. The fourth-order valence-electron chi connectivity index (χ4n) is 4.98. The minimum absolute atomic E-state index is 0.127. The zero-order valence-electron chi connectivity index (χ0n) is 21.6. The number of nitrogens with zero attached hydrogens (tertiary/aromatic N) is 2. The Morgan fingerprint density at radius 1 is 0.974 bits per heavy atom. The van der Waals surface area contributed by atoms with Crippen LogP contribution in [-0.2, 0) is 6.54 Å². The summed E-state index contributed by atoms with van der Waals surface area (Å²) in [6.07, 6.45) is 0. The van der Waals surface area contributed by atoms with Gasteiger partial charge in [0.1, 0.15) is 0 Å². The van der Waals surface area contributed by atoms with E-state index in [1.165, 1.54) is 11.3 Å². The molecule has 1 aromatic heterocycles. The maximum absolute atomic E-state index is 13.1. The number of hydrogen-bond acceptors (Lipinski definition) is 2. The molecular weight excluding hydrogens is 490 g/mol. The summed E-state index contributed by atoms with van der Waals surface area (Å²) >= 11 is 6.32. The third-order valence-electron chi connectivity index (χ3n) is 7.27.